The normalized spacial score (nSPS) is 15.8. The van der Waals surface area contributed by atoms with E-state index < -0.39 is 0 Å². The van der Waals surface area contributed by atoms with Crippen LogP contribution in [0, 0.1) is 19.8 Å². The fourth-order valence-corrected chi connectivity index (χ4v) is 3.32. The third-order valence-electron chi connectivity index (χ3n) is 4.65. The van der Waals surface area contributed by atoms with E-state index in [4.69, 9.17) is 4.42 Å². The van der Waals surface area contributed by atoms with E-state index in [1.54, 1.807) is 0 Å². The summed E-state index contributed by atoms with van der Waals surface area (Å²) in [6.07, 6.45) is 3.60. The fourth-order valence-electron chi connectivity index (χ4n) is 3.32. The molecule has 1 aliphatic heterocycles. The van der Waals surface area contributed by atoms with Crippen molar-refractivity contribution in [1.29, 1.82) is 0 Å². The zero-order valence-corrected chi connectivity index (χ0v) is 13.9. The van der Waals surface area contributed by atoms with Crippen LogP contribution in [0.15, 0.2) is 34.7 Å². The van der Waals surface area contributed by atoms with Crippen LogP contribution in [0.25, 0.3) is 0 Å². The van der Waals surface area contributed by atoms with Crippen molar-refractivity contribution in [2.24, 2.45) is 5.92 Å². The van der Waals surface area contributed by atoms with Gasteiger partial charge in [0.2, 0.25) is 5.91 Å². The van der Waals surface area contributed by atoms with Crippen LogP contribution in [0.5, 0.6) is 0 Å². The summed E-state index contributed by atoms with van der Waals surface area (Å²) in [5.74, 6) is 2.17. The van der Waals surface area contributed by atoms with Crippen molar-refractivity contribution in [3.05, 3.63) is 53.2 Å². The van der Waals surface area contributed by atoms with Gasteiger partial charge in [0.1, 0.15) is 5.76 Å². The lowest BCUT2D eigenvalue weighted by Crippen LogP contribution is -2.39. The van der Waals surface area contributed by atoms with Gasteiger partial charge in [0.25, 0.3) is 0 Å². The van der Waals surface area contributed by atoms with E-state index >= 15 is 0 Å². The number of likely N-dealkylation sites (tertiary alicyclic amines) is 1. The molecule has 0 atom stereocenters. The van der Waals surface area contributed by atoms with Crippen molar-refractivity contribution in [3.8, 4) is 0 Å². The van der Waals surface area contributed by atoms with Crippen LogP contribution in [0.2, 0.25) is 0 Å². The minimum Gasteiger partial charge on any atom is -0.445 e. The molecule has 4 nitrogen and oxygen atoms in total. The summed E-state index contributed by atoms with van der Waals surface area (Å²) in [4.78, 5) is 18.6. The SMILES string of the molecule is Cc1nc(C)c(CC(=O)N2CCC(Cc3ccccc3)CC2)o1. The van der Waals surface area contributed by atoms with Crippen molar-refractivity contribution in [2.75, 3.05) is 13.1 Å². The standard InChI is InChI=1S/C19H24N2O2/c1-14-18(23-15(2)20-14)13-19(22)21-10-8-17(9-11-21)12-16-6-4-3-5-7-16/h3-7,17H,8-13H2,1-2H3. The molecule has 0 spiro atoms. The highest BCUT2D eigenvalue weighted by molar-refractivity contribution is 5.78. The molecule has 4 heteroatoms. The highest BCUT2D eigenvalue weighted by Crippen LogP contribution is 2.22. The first kappa shape index (κ1) is 15.8. The number of carbonyl (C=O) groups is 1. The highest BCUT2D eigenvalue weighted by atomic mass is 16.4. The summed E-state index contributed by atoms with van der Waals surface area (Å²) in [7, 11) is 0. The number of piperidine rings is 1. The molecule has 23 heavy (non-hydrogen) atoms. The van der Waals surface area contributed by atoms with Gasteiger partial charge in [-0.25, -0.2) is 4.98 Å². The first-order valence-electron chi connectivity index (χ1n) is 8.36. The Kier molecular flexibility index (Phi) is 4.79. The van der Waals surface area contributed by atoms with Crippen molar-refractivity contribution in [3.63, 3.8) is 0 Å². The smallest absolute Gasteiger partial charge is 0.230 e. The molecule has 0 saturated carbocycles. The molecule has 0 bridgehead atoms. The van der Waals surface area contributed by atoms with Gasteiger partial charge < -0.3 is 9.32 Å². The zero-order chi connectivity index (χ0) is 16.2. The van der Waals surface area contributed by atoms with Gasteiger partial charge in [0.15, 0.2) is 5.89 Å². The number of benzene rings is 1. The molecule has 3 rings (SSSR count). The van der Waals surface area contributed by atoms with Gasteiger partial charge in [-0.3, -0.25) is 4.79 Å². The van der Waals surface area contributed by atoms with Gasteiger partial charge in [-0.2, -0.15) is 0 Å². The maximum absolute atomic E-state index is 12.4. The monoisotopic (exact) mass is 312 g/mol. The maximum Gasteiger partial charge on any atom is 0.230 e. The first-order valence-corrected chi connectivity index (χ1v) is 8.36. The summed E-state index contributed by atoms with van der Waals surface area (Å²) in [6, 6.07) is 10.6. The number of hydrogen-bond donors (Lipinski definition) is 0. The van der Waals surface area contributed by atoms with E-state index in [9.17, 15) is 4.79 Å². The summed E-state index contributed by atoms with van der Waals surface area (Å²) in [5, 5.41) is 0. The van der Waals surface area contributed by atoms with E-state index in [2.05, 4.69) is 35.3 Å². The molecule has 1 saturated heterocycles. The molecule has 0 N–H and O–H groups in total. The minimum atomic E-state index is 0.155. The lowest BCUT2D eigenvalue weighted by Gasteiger charge is -2.32. The van der Waals surface area contributed by atoms with Crippen molar-refractivity contribution in [2.45, 2.75) is 39.5 Å². The molecule has 1 aromatic carbocycles. The van der Waals surface area contributed by atoms with Crippen LogP contribution >= 0.6 is 0 Å². The lowest BCUT2D eigenvalue weighted by molar-refractivity contribution is -0.132. The minimum absolute atomic E-state index is 0.155. The number of aromatic nitrogens is 1. The van der Waals surface area contributed by atoms with Crippen molar-refractivity contribution < 1.29 is 9.21 Å². The third-order valence-corrected chi connectivity index (χ3v) is 4.65. The number of oxazole rings is 1. The van der Waals surface area contributed by atoms with Crippen LogP contribution in [0.1, 0.15) is 35.7 Å². The van der Waals surface area contributed by atoms with Crippen molar-refractivity contribution >= 4 is 5.91 Å². The Bertz CT molecular complexity index is 655. The number of hydrogen-bond acceptors (Lipinski definition) is 3. The molecule has 2 heterocycles. The van der Waals surface area contributed by atoms with E-state index in [1.165, 1.54) is 5.56 Å². The number of aryl methyl sites for hydroxylation is 2. The number of rotatable bonds is 4. The van der Waals surface area contributed by atoms with Crippen LogP contribution in [-0.2, 0) is 17.6 Å². The van der Waals surface area contributed by atoms with E-state index in [-0.39, 0.29) is 5.91 Å². The molecule has 0 aliphatic carbocycles. The zero-order valence-electron chi connectivity index (χ0n) is 13.9. The fraction of sp³-hybridized carbons (Fsp3) is 0.474. The number of amides is 1. The first-order chi connectivity index (χ1) is 11.1. The largest absolute Gasteiger partial charge is 0.445 e. The van der Waals surface area contributed by atoms with Crippen LogP contribution in [0.3, 0.4) is 0 Å². The Morgan fingerprint density at radius 3 is 2.52 bits per heavy atom. The van der Waals surface area contributed by atoms with Crippen molar-refractivity contribution in [1.82, 2.24) is 9.88 Å². The molecule has 0 radical (unpaired) electrons. The molecule has 0 unspecified atom stereocenters. The van der Waals surface area contributed by atoms with Crippen LogP contribution in [-0.4, -0.2) is 28.9 Å². The molecular formula is C19H24N2O2. The molecule has 2 aromatic rings. The second-order valence-electron chi connectivity index (χ2n) is 6.43. The summed E-state index contributed by atoms with van der Waals surface area (Å²) < 4.78 is 5.52. The van der Waals surface area contributed by atoms with Gasteiger partial charge in [-0.1, -0.05) is 30.3 Å². The summed E-state index contributed by atoms with van der Waals surface area (Å²) >= 11 is 0. The predicted molar refractivity (Wildman–Crippen MR) is 89.1 cm³/mol. The topological polar surface area (TPSA) is 46.3 Å². The van der Waals surface area contributed by atoms with E-state index in [0.29, 0.717) is 24.0 Å². The van der Waals surface area contributed by atoms with Gasteiger partial charge >= 0.3 is 0 Å². The Hall–Kier alpha value is -2.10. The Balaban J connectivity index is 1.50. The van der Waals surface area contributed by atoms with Gasteiger partial charge in [-0.05, 0) is 37.7 Å². The maximum atomic E-state index is 12.4. The highest BCUT2D eigenvalue weighted by Gasteiger charge is 2.24. The second-order valence-corrected chi connectivity index (χ2v) is 6.43. The average molecular weight is 312 g/mol. The lowest BCUT2D eigenvalue weighted by atomic mass is 9.90. The summed E-state index contributed by atoms with van der Waals surface area (Å²) in [6.45, 7) is 5.41. The molecule has 1 fully saturated rings. The van der Waals surface area contributed by atoms with Crippen LogP contribution < -0.4 is 0 Å². The molecule has 1 aromatic heterocycles. The molecule has 122 valence electrons. The van der Waals surface area contributed by atoms with Gasteiger partial charge in [-0.15, -0.1) is 0 Å². The Labute approximate surface area is 137 Å². The molecule has 1 amide bonds. The molecule has 1 aliphatic rings. The average Bonchev–Trinajstić information content (AvgIpc) is 2.86. The third kappa shape index (κ3) is 4.01. The quantitative estimate of drug-likeness (QED) is 0.870. The second kappa shape index (κ2) is 6.99. The number of carbonyl (C=O) groups excluding carboxylic acids is 1. The Morgan fingerprint density at radius 2 is 1.91 bits per heavy atom. The molecular weight excluding hydrogens is 288 g/mol. The van der Waals surface area contributed by atoms with Gasteiger partial charge in [0.05, 0.1) is 12.1 Å². The van der Waals surface area contributed by atoms with E-state index in [1.807, 2.05) is 18.7 Å². The predicted octanol–water partition coefficient (Wildman–Crippen LogP) is 3.32. The van der Waals surface area contributed by atoms with Crippen LogP contribution in [0.4, 0.5) is 0 Å². The summed E-state index contributed by atoms with van der Waals surface area (Å²) in [5.41, 5.74) is 2.22. The van der Waals surface area contributed by atoms with Gasteiger partial charge in [0, 0.05) is 20.0 Å². The van der Waals surface area contributed by atoms with E-state index in [0.717, 1.165) is 38.0 Å². The Morgan fingerprint density at radius 1 is 1.22 bits per heavy atom. The number of nitrogens with zero attached hydrogens (tertiary/aromatic N) is 2.